The molecular weight excluding hydrogens is 244 g/mol. The Labute approximate surface area is 124 Å². The van der Waals surface area contributed by atoms with Crippen LogP contribution in [-0.4, -0.2) is 18.6 Å². The second-order valence-electron chi connectivity index (χ2n) is 6.18. The largest absolute Gasteiger partial charge is 0.363 e. The maximum atomic E-state index is 3.87. The molecule has 2 heteroatoms. The van der Waals surface area contributed by atoms with Crippen molar-refractivity contribution in [2.24, 2.45) is 0 Å². The van der Waals surface area contributed by atoms with Crippen LogP contribution < -0.4 is 10.2 Å². The van der Waals surface area contributed by atoms with Gasteiger partial charge in [-0.05, 0) is 51.4 Å². The lowest BCUT2D eigenvalue weighted by molar-refractivity contribution is 0.521. The first kappa shape index (κ1) is 16.8. The van der Waals surface area contributed by atoms with Crippen molar-refractivity contribution in [3.8, 4) is 0 Å². The summed E-state index contributed by atoms with van der Waals surface area (Å²) < 4.78 is 0. The highest BCUT2D eigenvalue weighted by molar-refractivity contribution is 5.50. The van der Waals surface area contributed by atoms with Crippen LogP contribution in [0.15, 0.2) is 36.9 Å². The van der Waals surface area contributed by atoms with Crippen molar-refractivity contribution in [1.82, 2.24) is 5.32 Å². The van der Waals surface area contributed by atoms with E-state index in [9.17, 15) is 0 Å². The van der Waals surface area contributed by atoms with E-state index in [0.29, 0.717) is 6.04 Å². The molecule has 0 radical (unpaired) electrons. The fraction of sp³-hybridized carbons (Fsp3) is 0.556. The van der Waals surface area contributed by atoms with Crippen molar-refractivity contribution >= 4 is 5.69 Å². The van der Waals surface area contributed by atoms with Crippen LogP contribution >= 0.6 is 0 Å². The normalized spacial score (nSPS) is 13.1. The Morgan fingerprint density at radius 2 is 1.80 bits per heavy atom. The van der Waals surface area contributed by atoms with Gasteiger partial charge in [0.15, 0.2) is 0 Å². The molecule has 0 saturated carbocycles. The highest BCUT2D eigenvalue weighted by atomic mass is 15.2. The molecule has 112 valence electrons. The number of rotatable bonds is 7. The molecule has 1 N–H and O–H groups in total. The summed E-state index contributed by atoms with van der Waals surface area (Å²) in [5.41, 5.74) is 2.72. The van der Waals surface area contributed by atoms with E-state index in [-0.39, 0.29) is 5.54 Å². The van der Waals surface area contributed by atoms with E-state index in [1.54, 1.807) is 0 Å². The zero-order valence-corrected chi connectivity index (χ0v) is 13.7. The zero-order chi connectivity index (χ0) is 15.2. The van der Waals surface area contributed by atoms with Gasteiger partial charge in [0.1, 0.15) is 0 Å². The SMILES string of the molecule is C=CCN(c1ccc(C(CC)NCC)cc1)C(C)(C)C. The molecule has 0 aliphatic heterocycles. The van der Waals surface area contributed by atoms with Crippen molar-refractivity contribution in [3.05, 3.63) is 42.5 Å². The fourth-order valence-electron chi connectivity index (χ4n) is 2.53. The third kappa shape index (κ3) is 4.38. The van der Waals surface area contributed by atoms with Gasteiger partial charge in [-0.15, -0.1) is 6.58 Å². The summed E-state index contributed by atoms with van der Waals surface area (Å²) in [5, 5.41) is 3.52. The second kappa shape index (κ2) is 7.49. The lowest BCUT2D eigenvalue weighted by Crippen LogP contribution is -2.41. The average molecular weight is 274 g/mol. The van der Waals surface area contributed by atoms with Gasteiger partial charge in [0.05, 0.1) is 0 Å². The number of hydrogen-bond acceptors (Lipinski definition) is 2. The van der Waals surface area contributed by atoms with Gasteiger partial charge in [0, 0.05) is 23.8 Å². The van der Waals surface area contributed by atoms with E-state index in [4.69, 9.17) is 0 Å². The quantitative estimate of drug-likeness (QED) is 0.734. The first-order chi connectivity index (χ1) is 9.43. The van der Waals surface area contributed by atoms with Crippen LogP contribution in [0, 0.1) is 0 Å². The molecule has 1 unspecified atom stereocenters. The Morgan fingerprint density at radius 1 is 1.20 bits per heavy atom. The number of hydrogen-bond donors (Lipinski definition) is 1. The molecule has 0 fully saturated rings. The third-order valence-corrected chi connectivity index (χ3v) is 3.59. The molecule has 1 aromatic carbocycles. The van der Waals surface area contributed by atoms with Gasteiger partial charge in [0.25, 0.3) is 0 Å². The van der Waals surface area contributed by atoms with Gasteiger partial charge < -0.3 is 10.2 Å². The van der Waals surface area contributed by atoms with E-state index in [1.165, 1.54) is 11.3 Å². The van der Waals surface area contributed by atoms with Crippen LogP contribution in [0.2, 0.25) is 0 Å². The van der Waals surface area contributed by atoms with Crippen molar-refractivity contribution in [2.45, 2.75) is 52.6 Å². The van der Waals surface area contributed by atoms with Gasteiger partial charge in [-0.1, -0.05) is 32.1 Å². The van der Waals surface area contributed by atoms with Crippen molar-refractivity contribution in [1.29, 1.82) is 0 Å². The average Bonchev–Trinajstić information content (AvgIpc) is 2.41. The maximum Gasteiger partial charge on any atom is 0.0373 e. The maximum absolute atomic E-state index is 3.87. The molecule has 0 aliphatic rings. The van der Waals surface area contributed by atoms with Crippen LogP contribution in [0.3, 0.4) is 0 Å². The highest BCUT2D eigenvalue weighted by Gasteiger charge is 2.20. The topological polar surface area (TPSA) is 15.3 Å². The first-order valence-corrected chi connectivity index (χ1v) is 7.65. The molecule has 20 heavy (non-hydrogen) atoms. The minimum Gasteiger partial charge on any atom is -0.363 e. The molecule has 0 saturated heterocycles. The van der Waals surface area contributed by atoms with E-state index in [2.05, 4.69) is 75.7 Å². The zero-order valence-electron chi connectivity index (χ0n) is 13.7. The molecule has 0 amide bonds. The molecular formula is C18H30N2. The van der Waals surface area contributed by atoms with E-state index in [1.807, 2.05) is 6.08 Å². The van der Waals surface area contributed by atoms with E-state index < -0.39 is 0 Å². The summed E-state index contributed by atoms with van der Waals surface area (Å²) in [6.45, 7) is 16.8. The lowest BCUT2D eigenvalue weighted by Gasteiger charge is -2.37. The first-order valence-electron chi connectivity index (χ1n) is 7.65. The molecule has 0 heterocycles. The summed E-state index contributed by atoms with van der Waals surface area (Å²) in [7, 11) is 0. The predicted molar refractivity (Wildman–Crippen MR) is 90.4 cm³/mol. The molecule has 0 bridgehead atoms. The summed E-state index contributed by atoms with van der Waals surface area (Å²) in [6, 6.07) is 9.40. The van der Waals surface area contributed by atoms with Crippen LogP contribution in [-0.2, 0) is 0 Å². The van der Waals surface area contributed by atoms with E-state index >= 15 is 0 Å². The van der Waals surface area contributed by atoms with Gasteiger partial charge >= 0.3 is 0 Å². The van der Waals surface area contributed by atoms with Gasteiger partial charge in [0.2, 0.25) is 0 Å². The van der Waals surface area contributed by atoms with Crippen LogP contribution in [0.1, 0.15) is 52.6 Å². The molecule has 1 atom stereocenters. The molecule has 0 spiro atoms. The van der Waals surface area contributed by atoms with Gasteiger partial charge in [-0.3, -0.25) is 0 Å². The third-order valence-electron chi connectivity index (χ3n) is 3.59. The smallest absolute Gasteiger partial charge is 0.0373 e. The van der Waals surface area contributed by atoms with Crippen LogP contribution in [0.25, 0.3) is 0 Å². The second-order valence-corrected chi connectivity index (χ2v) is 6.18. The van der Waals surface area contributed by atoms with Crippen LogP contribution in [0.5, 0.6) is 0 Å². The Balaban J connectivity index is 2.96. The summed E-state index contributed by atoms with van der Waals surface area (Å²) in [6.07, 6.45) is 3.08. The monoisotopic (exact) mass is 274 g/mol. The standard InChI is InChI=1S/C18H30N2/c1-7-14-20(18(4,5)6)16-12-10-15(11-13-16)17(8-2)19-9-3/h7,10-13,17,19H,1,8-9,14H2,2-6H3. The number of benzene rings is 1. The minimum atomic E-state index is 0.0987. The van der Waals surface area contributed by atoms with Crippen molar-refractivity contribution in [2.75, 3.05) is 18.0 Å². The molecule has 0 aromatic heterocycles. The molecule has 1 aromatic rings. The Hall–Kier alpha value is -1.28. The van der Waals surface area contributed by atoms with Crippen LogP contribution in [0.4, 0.5) is 5.69 Å². The lowest BCUT2D eigenvalue weighted by atomic mass is 10.0. The van der Waals surface area contributed by atoms with Gasteiger partial charge in [-0.2, -0.15) is 0 Å². The molecule has 0 aliphatic carbocycles. The fourth-order valence-corrected chi connectivity index (χ4v) is 2.53. The van der Waals surface area contributed by atoms with Crippen molar-refractivity contribution < 1.29 is 0 Å². The predicted octanol–water partition coefficient (Wildman–Crippen LogP) is 4.54. The Kier molecular flexibility index (Phi) is 6.28. The highest BCUT2D eigenvalue weighted by Crippen LogP contribution is 2.26. The van der Waals surface area contributed by atoms with Crippen molar-refractivity contribution in [3.63, 3.8) is 0 Å². The summed E-state index contributed by atoms with van der Waals surface area (Å²) in [5.74, 6) is 0. The Morgan fingerprint density at radius 3 is 2.20 bits per heavy atom. The summed E-state index contributed by atoms with van der Waals surface area (Å²) >= 11 is 0. The number of nitrogens with one attached hydrogen (secondary N) is 1. The van der Waals surface area contributed by atoms with Gasteiger partial charge in [-0.25, -0.2) is 0 Å². The molecule has 2 nitrogen and oxygen atoms in total. The number of nitrogens with zero attached hydrogens (tertiary/aromatic N) is 1. The number of anilines is 1. The van der Waals surface area contributed by atoms with E-state index in [0.717, 1.165) is 19.5 Å². The Bertz CT molecular complexity index is 400. The summed E-state index contributed by atoms with van der Waals surface area (Å²) in [4.78, 5) is 2.37. The minimum absolute atomic E-state index is 0.0987. The molecule has 1 rings (SSSR count).